The van der Waals surface area contributed by atoms with Crippen LogP contribution in [-0.2, 0) is 12.8 Å². The van der Waals surface area contributed by atoms with E-state index in [4.69, 9.17) is 4.98 Å². The summed E-state index contributed by atoms with van der Waals surface area (Å²) in [5, 5.41) is 0. The van der Waals surface area contributed by atoms with Gasteiger partial charge in [-0.3, -0.25) is 4.98 Å². The molecule has 0 radical (unpaired) electrons. The summed E-state index contributed by atoms with van der Waals surface area (Å²) in [5.74, 6) is 1.94. The van der Waals surface area contributed by atoms with Crippen LogP contribution in [0, 0.1) is 11.8 Å². The molecule has 1 aromatic carbocycles. The Hall–Kier alpha value is -1.63. The zero-order valence-electron chi connectivity index (χ0n) is 16.0. The molecule has 1 saturated carbocycles. The Morgan fingerprint density at radius 3 is 2.08 bits per heavy atom. The summed E-state index contributed by atoms with van der Waals surface area (Å²) < 4.78 is 0. The predicted molar refractivity (Wildman–Crippen MR) is 108 cm³/mol. The molecule has 0 N–H and O–H groups in total. The van der Waals surface area contributed by atoms with Gasteiger partial charge in [-0.2, -0.15) is 0 Å². The minimum atomic E-state index is 0.939. The molecular weight excluding hydrogens is 302 g/mol. The lowest BCUT2D eigenvalue weighted by Crippen LogP contribution is -2.14. The van der Waals surface area contributed by atoms with E-state index in [-0.39, 0.29) is 0 Å². The minimum absolute atomic E-state index is 0.939. The topological polar surface area (TPSA) is 12.9 Å². The van der Waals surface area contributed by atoms with Crippen LogP contribution in [0.1, 0.15) is 69.9 Å². The van der Waals surface area contributed by atoms with Crippen LogP contribution < -0.4 is 0 Å². The van der Waals surface area contributed by atoms with Crippen LogP contribution in [-0.4, -0.2) is 4.98 Å². The second-order valence-electron chi connectivity index (χ2n) is 7.83. The first kappa shape index (κ1) is 18.2. The molecule has 25 heavy (non-hydrogen) atoms. The molecule has 1 aromatic heterocycles. The highest BCUT2D eigenvalue weighted by molar-refractivity contribution is 5.59. The standard InChI is InChI=1S/C24H33N/c1-3-5-20-12-15-23(16-13-20)24-17-14-22(18-25-24)11-10-21-8-6-19(4-2)7-9-21/h12-19,21H,3-11H2,1-2H3. The highest BCUT2D eigenvalue weighted by atomic mass is 14.7. The van der Waals surface area contributed by atoms with E-state index in [2.05, 4.69) is 56.4 Å². The Morgan fingerprint density at radius 1 is 0.800 bits per heavy atom. The molecule has 1 heterocycles. The summed E-state index contributed by atoms with van der Waals surface area (Å²) in [6.07, 6.45) is 14.1. The fourth-order valence-electron chi connectivity index (χ4n) is 4.17. The molecule has 0 spiro atoms. The predicted octanol–water partition coefficient (Wildman–Crippen LogP) is 6.85. The number of hydrogen-bond donors (Lipinski definition) is 0. The normalized spacial score (nSPS) is 20.6. The molecular formula is C24H33N. The number of aromatic nitrogens is 1. The van der Waals surface area contributed by atoms with Crippen LogP contribution in [0.15, 0.2) is 42.6 Å². The third kappa shape index (κ3) is 5.17. The maximum atomic E-state index is 4.71. The molecule has 0 bridgehead atoms. The summed E-state index contributed by atoms with van der Waals surface area (Å²) in [4.78, 5) is 4.71. The van der Waals surface area contributed by atoms with E-state index >= 15 is 0 Å². The van der Waals surface area contributed by atoms with Crippen molar-refractivity contribution >= 4 is 0 Å². The van der Waals surface area contributed by atoms with Crippen LogP contribution in [0.4, 0.5) is 0 Å². The maximum Gasteiger partial charge on any atom is 0.0702 e. The molecule has 0 aliphatic heterocycles. The van der Waals surface area contributed by atoms with Gasteiger partial charge in [-0.05, 0) is 48.3 Å². The number of benzene rings is 1. The van der Waals surface area contributed by atoms with E-state index < -0.39 is 0 Å². The van der Waals surface area contributed by atoms with Gasteiger partial charge in [0.1, 0.15) is 0 Å². The van der Waals surface area contributed by atoms with Gasteiger partial charge in [0.2, 0.25) is 0 Å². The minimum Gasteiger partial charge on any atom is -0.256 e. The summed E-state index contributed by atoms with van der Waals surface area (Å²) in [5.41, 5.74) is 5.13. The van der Waals surface area contributed by atoms with Gasteiger partial charge in [0.05, 0.1) is 5.69 Å². The first-order chi connectivity index (χ1) is 12.3. The van der Waals surface area contributed by atoms with Crippen LogP contribution >= 0.6 is 0 Å². The van der Waals surface area contributed by atoms with E-state index in [1.807, 2.05) is 0 Å². The van der Waals surface area contributed by atoms with Crippen molar-refractivity contribution in [3.63, 3.8) is 0 Å². The number of aryl methyl sites for hydroxylation is 2. The second-order valence-corrected chi connectivity index (χ2v) is 7.83. The number of rotatable bonds is 7. The summed E-state index contributed by atoms with van der Waals surface area (Å²) in [6.45, 7) is 4.57. The van der Waals surface area contributed by atoms with Crippen molar-refractivity contribution < 1.29 is 0 Å². The van der Waals surface area contributed by atoms with Crippen molar-refractivity contribution in [2.24, 2.45) is 11.8 Å². The van der Waals surface area contributed by atoms with E-state index in [9.17, 15) is 0 Å². The van der Waals surface area contributed by atoms with Crippen molar-refractivity contribution in [3.8, 4) is 11.3 Å². The molecule has 0 atom stereocenters. The maximum absolute atomic E-state index is 4.71. The van der Waals surface area contributed by atoms with Crippen molar-refractivity contribution in [2.45, 2.75) is 71.6 Å². The number of nitrogens with zero attached hydrogens (tertiary/aromatic N) is 1. The van der Waals surface area contributed by atoms with Gasteiger partial charge >= 0.3 is 0 Å². The van der Waals surface area contributed by atoms with Crippen molar-refractivity contribution in [1.29, 1.82) is 0 Å². The second kappa shape index (κ2) is 9.17. The molecule has 134 valence electrons. The molecule has 1 nitrogen and oxygen atoms in total. The quantitative estimate of drug-likeness (QED) is 0.539. The fourth-order valence-corrected chi connectivity index (χ4v) is 4.17. The molecule has 0 unspecified atom stereocenters. The highest BCUT2D eigenvalue weighted by Crippen LogP contribution is 2.33. The fraction of sp³-hybridized carbons (Fsp3) is 0.542. The van der Waals surface area contributed by atoms with Crippen molar-refractivity contribution in [2.75, 3.05) is 0 Å². The molecule has 0 saturated heterocycles. The summed E-state index contributed by atoms with van der Waals surface area (Å²) in [7, 11) is 0. The van der Waals surface area contributed by atoms with Gasteiger partial charge in [0.25, 0.3) is 0 Å². The van der Waals surface area contributed by atoms with E-state index in [0.717, 1.165) is 24.0 Å². The van der Waals surface area contributed by atoms with Crippen molar-refractivity contribution in [1.82, 2.24) is 4.98 Å². The van der Waals surface area contributed by atoms with Gasteiger partial charge in [-0.15, -0.1) is 0 Å². The largest absolute Gasteiger partial charge is 0.256 e. The van der Waals surface area contributed by atoms with E-state index in [1.54, 1.807) is 0 Å². The zero-order valence-corrected chi connectivity index (χ0v) is 16.0. The van der Waals surface area contributed by atoms with E-state index in [1.165, 1.54) is 68.1 Å². The molecule has 1 aliphatic rings. The van der Waals surface area contributed by atoms with Crippen LogP contribution in [0.5, 0.6) is 0 Å². The molecule has 1 aliphatic carbocycles. The van der Waals surface area contributed by atoms with Crippen LogP contribution in [0.2, 0.25) is 0 Å². The lowest BCUT2D eigenvalue weighted by Gasteiger charge is -2.27. The SMILES string of the molecule is CCCc1ccc(-c2ccc(CCC3CCC(CC)CC3)cn2)cc1. The average Bonchev–Trinajstić information content (AvgIpc) is 2.68. The van der Waals surface area contributed by atoms with Crippen LogP contribution in [0.3, 0.4) is 0 Å². The first-order valence-corrected chi connectivity index (χ1v) is 10.3. The van der Waals surface area contributed by atoms with Gasteiger partial charge < -0.3 is 0 Å². The van der Waals surface area contributed by atoms with Crippen LogP contribution in [0.25, 0.3) is 11.3 Å². The molecule has 1 heteroatoms. The van der Waals surface area contributed by atoms with Gasteiger partial charge in [-0.1, -0.05) is 82.7 Å². The highest BCUT2D eigenvalue weighted by Gasteiger charge is 2.19. The number of pyridine rings is 1. The molecule has 0 amide bonds. The Kier molecular flexibility index (Phi) is 6.67. The van der Waals surface area contributed by atoms with Gasteiger partial charge in [-0.25, -0.2) is 0 Å². The Labute approximate surface area is 153 Å². The molecule has 1 fully saturated rings. The average molecular weight is 336 g/mol. The van der Waals surface area contributed by atoms with Crippen molar-refractivity contribution in [3.05, 3.63) is 53.7 Å². The molecule has 2 aromatic rings. The summed E-state index contributed by atoms with van der Waals surface area (Å²) >= 11 is 0. The first-order valence-electron chi connectivity index (χ1n) is 10.3. The zero-order chi connectivity index (χ0) is 17.5. The Morgan fingerprint density at radius 2 is 1.48 bits per heavy atom. The van der Waals surface area contributed by atoms with E-state index in [0.29, 0.717) is 0 Å². The Balaban J connectivity index is 1.52. The third-order valence-electron chi connectivity index (χ3n) is 6.00. The Bertz CT molecular complexity index is 618. The lowest BCUT2D eigenvalue weighted by atomic mass is 9.79. The van der Waals surface area contributed by atoms with Gasteiger partial charge in [0.15, 0.2) is 0 Å². The van der Waals surface area contributed by atoms with Gasteiger partial charge in [0, 0.05) is 11.8 Å². The lowest BCUT2D eigenvalue weighted by molar-refractivity contribution is 0.259. The summed E-state index contributed by atoms with van der Waals surface area (Å²) in [6, 6.07) is 13.4. The third-order valence-corrected chi connectivity index (χ3v) is 6.00. The monoisotopic (exact) mass is 335 g/mol. The molecule has 3 rings (SSSR count). The smallest absolute Gasteiger partial charge is 0.0702 e. The number of hydrogen-bond acceptors (Lipinski definition) is 1.